The van der Waals surface area contributed by atoms with Gasteiger partial charge in [0.1, 0.15) is 5.82 Å². The van der Waals surface area contributed by atoms with Crippen molar-refractivity contribution in [1.29, 1.82) is 0 Å². The predicted octanol–water partition coefficient (Wildman–Crippen LogP) is 3.75. The average molecular weight is 253 g/mol. The third-order valence-corrected chi connectivity index (χ3v) is 4.54. The van der Waals surface area contributed by atoms with E-state index in [4.69, 9.17) is 5.73 Å². The van der Waals surface area contributed by atoms with Crippen LogP contribution < -0.4 is 5.73 Å². The highest BCUT2D eigenvalue weighted by Crippen LogP contribution is 2.36. The number of thioether (sulfide) groups is 1. The van der Waals surface area contributed by atoms with E-state index in [0.29, 0.717) is 5.25 Å². The van der Waals surface area contributed by atoms with Gasteiger partial charge in [-0.3, -0.25) is 0 Å². The van der Waals surface area contributed by atoms with Crippen molar-refractivity contribution in [2.24, 2.45) is 5.73 Å². The molecule has 1 unspecified atom stereocenters. The highest BCUT2D eigenvalue weighted by Gasteiger charge is 2.17. The van der Waals surface area contributed by atoms with Crippen LogP contribution in [-0.4, -0.2) is 11.3 Å². The van der Waals surface area contributed by atoms with Crippen LogP contribution >= 0.6 is 11.8 Å². The third kappa shape index (κ3) is 3.71. The summed E-state index contributed by atoms with van der Waals surface area (Å²) < 4.78 is 13.9. The molecule has 1 fully saturated rings. The highest BCUT2D eigenvalue weighted by atomic mass is 32.2. The van der Waals surface area contributed by atoms with Crippen molar-refractivity contribution in [2.75, 3.05) is 0 Å². The van der Waals surface area contributed by atoms with E-state index in [1.165, 1.54) is 25.7 Å². The van der Waals surface area contributed by atoms with Crippen LogP contribution in [0.1, 0.15) is 38.2 Å². The molecule has 1 aliphatic rings. The average Bonchev–Trinajstić information content (AvgIpc) is 2.74. The van der Waals surface area contributed by atoms with Gasteiger partial charge in [-0.25, -0.2) is 4.39 Å². The topological polar surface area (TPSA) is 26.0 Å². The van der Waals surface area contributed by atoms with Gasteiger partial charge >= 0.3 is 0 Å². The second-order valence-corrected chi connectivity index (χ2v) is 6.31. The molecule has 17 heavy (non-hydrogen) atoms. The summed E-state index contributed by atoms with van der Waals surface area (Å²) in [6.07, 6.45) is 5.78. The minimum Gasteiger partial charge on any atom is -0.328 e. The van der Waals surface area contributed by atoms with E-state index in [-0.39, 0.29) is 11.9 Å². The van der Waals surface area contributed by atoms with Gasteiger partial charge in [0.25, 0.3) is 0 Å². The Morgan fingerprint density at radius 2 is 2.12 bits per heavy atom. The van der Waals surface area contributed by atoms with E-state index >= 15 is 0 Å². The van der Waals surface area contributed by atoms with Crippen molar-refractivity contribution >= 4 is 11.8 Å². The summed E-state index contributed by atoms with van der Waals surface area (Å²) in [6, 6.07) is 5.64. The first-order valence-electron chi connectivity index (χ1n) is 6.36. The first-order valence-corrected chi connectivity index (χ1v) is 7.24. The molecule has 0 aliphatic heterocycles. The fourth-order valence-electron chi connectivity index (χ4n) is 2.32. The smallest absolute Gasteiger partial charge is 0.137 e. The number of nitrogens with two attached hydrogens (primary N) is 1. The van der Waals surface area contributed by atoms with E-state index in [1.807, 2.05) is 19.1 Å². The van der Waals surface area contributed by atoms with Crippen molar-refractivity contribution < 1.29 is 4.39 Å². The first-order chi connectivity index (χ1) is 8.15. The molecular weight excluding hydrogens is 233 g/mol. The van der Waals surface area contributed by atoms with Crippen molar-refractivity contribution in [1.82, 2.24) is 0 Å². The summed E-state index contributed by atoms with van der Waals surface area (Å²) >= 11 is 1.70. The van der Waals surface area contributed by atoms with Gasteiger partial charge in [0.15, 0.2) is 0 Å². The lowest BCUT2D eigenvalue weighted by atomic mass is 10.1. The van der Waals surface area contributed by atoms with E-state index in [9.17, 15) is 4.39 Å². The zero-order valence-corrected chi connectivity index (χ0v) is 11.1. The molecular formula is C14H20FNS. The second-order valence-electron chi connectivity index (χ2n) is 4.97. The second kappa shape index (κ2) is 5.87. The van der Waals surface area contributed by atoms with Crippen LogP contribution in [0.3, 0.4) is 0 Å². The molecule has 1 aliphatic carbocycles. The fraction of sp³-hybridized carbons (Fsp3) is 0.571. The molecule has 3 heteroatoms. The Hall–Kier alpha value is -0.540. The minimum absolute atomic E-state index is 0.0833. The Bertz CT molecular complexity index is 372. The number of halogens is 1. The molecule has 0 heterocycles. The Balaban J connectivity index is 2.03. The lowest BCUT2D eigenvalue weighted by molar-refractivity contribution is 0.596. The first kappa shape index (κ1) is 12.9. The van der Waals surface area contributed by atoms with Crippen LogP contribution in [0.25, 0.3) is 0 Å². The van der Waals surface area contributed by atoms with Gasteiger partial charge in [0.2, 0.25) is 0 Å². The summed E-state index contributed by atoms with van der Waals surface area (Å²) in [7, 11) is 0. The van der Waals surface area contributed by atoms with Crippen molar-refractivity contribution in [3.63, 3.8) is 0 Å². The Kier molecular flexibility index (Phi) is 4.46. The maximum Gasteiger partial charge on any atom is 0.137 e. The highest BCUT2D eigenvalue weighted by molar-refractivity contribution is 8.00. The van der Waals surface area contributed by atoms with Gasteiger partial charge in [-0.1, -0.05) is 18.9 Å². The molecule has 2 rings (SSSR count). The van der Waals surface area contributed by atoms with Crippen LogP contribution in [0.5, 0.6) is 0 Å². The molecule has 94 valence electrons. The SMILES string of the molecule is CC(N)Cc1ccc(SC2CCCC2)c(F)c1. The number of hydrogen-bond donors (Lipinski definition) is 1. The van der Waals surface area contributed by atoms with Crippen molar-refractivity contribution in [3.8, 4) is 0 Å². The van der Waals surface area contributed by atoms with Crippen LogP contribution in [0.4, 0.5) is 4.39 Å². The lowest BCUT2D eigenvalue weighted by Gasteiger charge is -2.11. The van der Waals surface area contributed by atoms with Gasteiger partial charge < -0.3 is 5.73 Å². The molecule has 0 spiro atoms. The van der Waals surface area contributed by atoms with Gasteiger partial charge in [0.05, 0.1) is 0 Å². The van der Waals surface area contributed by atoms with Crippen LogP contribution in [0.2, 0.25) is 0 Å². The number of rotatable bonds is 4. The summed E-state index contributed by atoms with van der Waals surface area (Å²) in [5, 5.41) is 0.615. The Morgan fingerprint density at radius 3 is 2.71 bits per heavy atom. The predicted molar refractivity (Wildman–Crippen MR) is 71.9 cm³/mol. The van der Waals surface area contributed by atoms with Crippen LogP contribution in [0, 0.1) is 5.82 Å². The molecule has 1 aromatic rings. The van der Waals surface area contributed by atoms with E-state index in [2.05, 4.69) is 0 Å². The molecule has 1 nitrogen and oxygen atoms in total. The Morgan fingerprint density at radius 1 is 1.41 bits per heavy atom. The monoisotopic (exact) mass is 253 g/mol. The summed E-state index contributed by atoms with van der Waals surface area (Å²) in [4.78, 5) is 0.797. The maximum absolute atomic E-state index is 13.9. The summed E-state index contributed by atoms with van der Waals surface area (Å²) in [5.74, 6) is -0.0833. The molecule has 0 amide bonds. The van der Waals surface area contributed by atoms with Gasteiger partial charge in [-0.15, -0.1) is 11.8 Å². The molecule has 0 radical (unpaired) electrons. The van der Waals surface area contributed by atoms with E-state index in [0.717, 1.165) is 16.9 Å². The molecule has 2 N–H and O–H groups in total. The summed E-state index contributed by atoms with van der Waals surface area (Å²) in [6.45, 7) is 1.94. The number of benzene rings is 1. The minimum atomic E-state index is -0.0833. The third-order valence-electron chi connectivity index (χ3n) is 3.15. The van der Waals surface area contributed by atoms with E-state index in [1.54, 1.807) is 17.8 Å². The zero-order chi connectivity index (χ0) is 12.3. The largest absolute Gasteiger partial charge is 0.328 e. The molecule has 0 aromatic heterocycles. The van der Waals surface area contributed by atoms with Crippen molar-refractivity contribution in [2.45, 2.75) is 55.2 Å². The summed E-state index contributed by atoms with van der Waals surface area (Å²) in [5.41, 5.74) is 6.71. The molecule has 1 atom stereocenters. The quantitative estimate of drug-likeness (QED) is 0.884. The van der Waals surface area contributed by atoms with Gasteiger partial charge in [-0.05, 0) is 43.9 Å². The van der Waals surface area contributed by atoms with Gasteiger partial charge in [-0.2, -0.15) is 0 Å². The van der Waals surface area contributed by atoms with Crippen LogP contribution in [-0.2, 0) is 6.42 Å². The van der Waals surface area contributed by atoms with E-state index < -0.39 is 0 Å². The Labute approximate surface area is 107 Å². The van der Waals surface area contributed by atoms with Crippen molar-refractivity contribution in [3.05, 3.63) is 29.6 Å². The maximum atomic E-state index is 13.9. The molecule has 0 bridgehead atoms. The lowest BCUT2D eigenvalue weighted by Crippen LogP contribution is -2.17. The number of hydrogen-bond acceptors (Lipinski definition) is 2. The zero-order valence-electron chi connectivity index (χ0n) is 10.3. The van der Waals surface area contributed by atoms with Gasteiger partial charge in [0, 0.05) is 16.2 Å². The molecule has 0 saturated heterocycles. The normalized spacial score (nSPS) is 18.5. The molecule has 1 aromatic carbocycles. The van der Waals surface area contributed by atoms with Crippen LogP contribution in [0.15, 0.2) is 23.1 Å². The standard InChI is InChI=1S/C14H20FNS/c1-10(16)8-11-6-7-14(13(15)9-11)17-12-4-2-3-5-12/h6-7,9-10,12H,2-5,8,16H2,1H3. The molecule has 1 saturated carbocycles. The fourth-order valence-corrected chi connectivity index (χ4v) is 3.57.